The average Bonchev–Trinajstić information content (AvgIpc) is 3.31. The molecule has 1 fully saturated rings. The van der Waals surface area contributed by atoms with E-state index in [1.807, 2.05) is 29.6 Å². The van der Waals surface area contributed by atoms with Crippen molar-refractivity contribution in [2.45, 2.75) is 30.0 Å². The summed E-state index contributed by atoms with van der Waals surface area (Å²) in [5.74, 6) is 0.827. The fourth-order valence-electron chi connectivity index (χ4n) is 3.64. The summed E-state index contributed by atoms with van der Waals surface area (Å²) in [5.41, 5.74) is 3.33. The van der Waals surface area contributed by atoms with Crippen molar-refractivity contribution in [1.82, 2.24) is 9.97 Å². The molecule has 1 aliphatic rings. The first-order valence-electron chi connectivity index (χ1n) is 10.1. The van der Waals surface area contributed by atoms with E-state index >= 15 is 0 Å². The maximum Gasteiger partial charge on any atom is 0.270 e. The summed E-state index contributed by atoms with van der Waals surface area (Å²) in [4.78, 5) is 15.0. The minimum Gasteiger partial charge on any atom is -0.490 e. The van der Waals surface area contributed by atoms with E-state index in [1.165, 1.54) is 18.9 Å². The SMILES string of the molecule is [C-]#[N+]c1c(OC)nc(SCc2csc(-c3ccc(Cl)cc3)n2)c(C#N)c1N1CCCCC1. The van der Waals surface area contributed by atoms with E-state index in [4.69, 9.17) is 27.9 Å². The number of rotatable bonds is 6. The number of hydrogen-bond donors (Lipinski definition) is 0. The van der Waals surface area contributed by atoms with Crippen LogP contribution in [0.25, 0.3) is 15.4 Å². The number of nitriles is 1. The highest BCUT2D eigenvalue weighted by atomic mass is 35.5. The summed E-state index contributed by atoms with van der Waals surface area (Å²) in [6.45, 7) is 9.32. The van der Waals surface area contributed by atoms with Gasteiger partial charge in [0.1, 0.15) is 16.1 Å². The van der Waals surface area contributed by atoms with Crippen molar-refractivity contribution in [3.05, 3.63) is 57.3 Å². The van der Waals surface area contributed by atoms with E-state index < -0.39 is 0 Å². The second-order valence-electron chi connectivity index (χ2n) is 7.21. The Labute approximate surface area is 200 Å². The second-order valence-corrected chi connectivity index (χ2v) is 9.47. The molecule has 162 valence electrons. The van der Waals surface area contributed by atoms with Crippen LogP contribution in [0.5, 0.6) is 5.88 Å². The number of pyridine rings is 1. The number of halogens is 1. The van der Waals surface area contributed by atoms with Crippen molar-refractivity contribution in [3.8, 4) is 22.5 Å². The van der Waals surface area contributed by atoms with Gasteiger partial charge in [-0.05, 0) is 31.4 Å². The lowest BCUT2D eigenvalue weighted by atomic mass is 10.1. The highest BCUT2D eigenvalue weighted by Gasteiger charge is 2.26. The Kier molecular flexibility index (Phi) is 7.16. The van der Waals surface area contributed by atoms with Crippen molar-refractivity contribution in [2.75, 3.05) is 25.1 Å². The van der Waals surface area contributed by atoms with Gasteiger partial charge in [-0.2, -0.15) is 5.26 Å². The van der Waals surface area contributed by atoms with Crippen LogP contribution >= 0.6 is 34.7 Å². The molecule has 0 aliphatic carbocycles. The molecule has 32 heavy (non-hydrogen) atoms. The average molecular weight is 482 g/mol. The summed E-state index contributed by atoms with van der Waals surface area (Å²) < 4.78 is 5.43. The molecule has 3 heterocycles. The fourth-order valence-corrected chi connectivity index (χ4v) is 5.56. The molecule has 0 radical (unpaired) electrons. The number of methoxy groups -OCH3 is 1. The van der Waals surface area contributed by atoms with Crippen molar-refractivity contribution < 1.29 is 4.74 Å². The lowest BCUT2D eigenvalue weighted by Gasteiger charge is -2.31. The van der Waals surface area contributed by atoms with Gasteiger partial charge < -0.3 is 9.64 Å². The van der Waals surface area contributed by atoms with Gasteiger partial charge in [-0.15, -0.1) is 11.3 Å². The lowest BCUT2D eigenvalue weighted by molar-refractivity contribution is 0.397. The molecule has 2 aromatic heterocycles. The molecule has 6 nitrogen and oxygen atoms in total. The summed E-state index contributed by atoms with van der Waals surface area (Å²) in [6.07, 6.45) is 3.25. The molecule has 1 saturated heterocycles. The lowest BCUT2D eigenvalue weighted by Crippen LogP contribution is -2.30. The molecule has 1 aliphatic heterocycles. The Balaban J connectivity index is 1.63. The molecule has 1 aromatic carbocycles. The zero-order valence-corrected chi connectivity index (χ0v) is 19.9. The van der Waals surface area contributed by atoms with Crippen LogP contribution in [0.2, 0.25) is 5.02 Å². The Morgan fingerprint density at radius 2 is 2.00 bits per heavy atom. The number of aromatic nitrogens is 2. The zero-order valence-electron chi connectivity index (χ0n) is 17.5. The summed E-state index contributed by atoms with van der Waals surface area (Å²) in [7, 11) is 1.51. The smallest absolute Gasteiger partial charge is 0.270 e. The van der Waals surface area contributed by atoms with E-state index in [9.17, 15) is 5.26 Å². The molecule has 4 rings (SSSR count). The normalized spacial score (nSPS) is 13.4. The van der Waals surface area contributed by atoms with E-state index in [0.29, 0.717) is 32.7 Å². The van der Waals surface area contributed by atoms with Crippen LogP contribution in [0, 0.1) is 17.9 Å². The Morgan fingerprint density at radius 3 is 2.66 bits per heavy atom. The Bertz CT molecular complexity index is 1190. The van der Waals surface area contributed by atoms with Crippen molar-refractivity contribution in [1.29, 1.82) is 5.26 Å². The molecule has 0 atom stereocenters. The maximum atomic E-state index is 9.99. The van der Waals surface area contributed by atoms with Crippen LogP contribution < -0.4 is 9.64 Å². The summed E-state index contributed by atoms with van der Waals surface area (Å²) >= 11 is 8.99. The zero-order chi connectivity index (χ0) is 22.5. The third kappa shape index (κ3) is 4.68. The van der Waals surface area contributed by atoms with Crippen LogP contribution in [-0.4, -0.2) is 30.2 Å². The van der Waals surface area contributed by atoms with Crippen molar-refractivity contribution in [2.24, 2.45) is 0 Å². The standard InChI is InChI=1S/C23H20ClN5OS2/c1-26-19-20(29-10-4-3-5-11-29)18(12-25)23(28-21(19)30-2)32-14-17-13-31-22(27-17)15-6-8-16(24)9-7-15/h6-9,13H,3-5,10-11,14H2,2H3. The van der Waals surface area contributed by atoms with Gasteiger partial charge in [0.25, 0.3) is 5.69 Å². The fraction of sp³-hybridized carbons (Fsp3) is 0.304. The molecule has 0 amide bonds. The number of thiazole rings is 1. The quantitative estimate of drug-likeness (QED) is 0.293. The Hall–Kier alpha value is -2.78. The number of hydrogen-bond acceptors (Lipinski definition) is 7. The minimum absolute atomic E-state index is 0.266. The third-order valence-corrected chi connectivity index (χ3v) is 7.37. The number of nitrogens with zero attached hydrogens (tertiary/aromatic N) is 5. The molecule has 0 unspecified atom stereocenters. The molecule has 3 aromatic rings. The maximum absolute atomic E-state index is 9.99. The number of anilines is 1. The molecule has 0 saturated carbocycles. The van der Waals surface area contributed by atoms with Crippen LogP contribution in [0.3, 0.4) is 0 Å². The van der Waals surface area contributed by atoms with Crippen LogP contribution in [0.1, 0.15) is 30.5 Å². The number of benzene rings is 1. The number of ether oxygens (including phenoxy) is 1. The molecular formula is C23H20ClN5OS2. The van der Waals surface area contributed by atoms with Gasteiger partial charge in [-0.3, -0.25) is 0 Å². The first-order chi connectivity index (χ1) is 15.6. The van der Waals surface area contributed by atoms with Gasteiger partial charge in [0.2, 0.25) is 5.88 Å². The highest BCUT2D eigenvalue weighted by molar-refractivity contribution is 7.98. The van der Waals surface area contributed by atoms with Gasteiger partial charge >= 0.3 is 0 Å². The minimum atomic E-state index is 0.266. The largest absolute Gasteiger partial charge is 0.490 e. The van der Waals surface area contributed by atoms with Crippen LogP contribution in [-0.2, 0) is 5.75 Å². The first kappa shape index (κ1) is 22.4. The molecule has 0 N–H and O–H groups in total. The molecule has 0 spiro atoms. The van der Waals surface area contributed by atoms with Gasteiger partial charge in [0.15, 0.2) is 0 Å². The predicted molar refractivity (Wildman–Crippen MR) is 130 cm³/mol. The monoisotopic (exact) mass is 481 g/mol. The molecule has 0 bridgehead atoms. The highest BCUT2D eigenvalue weighted by Crippen LogP contribution is 2.44. The van der Waals surface area contributed by atoms with Gasteiger partial charge in [-0.25, -0.2) is 14.8 Å². The van der Waals surface area contributed by atoms with Crippen molar-refractivity contribution >= 4 is 46.1 Å². The molecular weight excluding hydrogens is 462 g/mol. The predicted octanol–water partition coefficient (Wildman–Crippen LogP) is 6.57. The second kappa shape index (κ2) is 10.2. The van der Waals surface area contributed by atoms with Gasteiger partial charge in [-0.1, -0.05) is 35.5 Å². The van der Waals surface area contributed by atoms with E-state index in [1.54, 1.807) is 11.3 Å². The van der Waals surface area contributed by atoms with E-state index in [-0.39, 0.29) is 5.88 Å². The first-order valence-corrected chi connectivity index (χ1v) is 12.4. The van der Waals surface area contributed by atoms with Gasteiger partial charge in [0.05, 0.1) is 30.6 Å². The summed E-state index contributed by atoms with van der Waals surface area (Å²) in [5, 5.41) is 14.2. The van der Waals surface area contributed by atoms with E-state index in [2.05, 4.69) is 20.8 Å². The Morgan fingerprint density at radius 1 is 1.25 bits per heavy atom. The third-order valence-electron chi connectivity index (χ3n) is 5.17. The number of thioether (sulfide) groups is 1. The summed E-state index contributed by atoms with van der Waals surface area (Å²) in [6, 6.07) is 9.91. The van der Waals surface area contributed by atoms with Crippen LogP contribution in [0.15, 0.2) is 34.7 Å². The molecule has 9 heteroatoms. The van der Waals surface area contributed by atoms with Gasteiger partial charge in [0, 0.05) is 34.8 Å². The number of piperidine rings is 1. The van der Waals surface area contributed by atoms with Crippen molar-refractivity contribution in [3.63, 3.8) is 0 Å². The van der Waals surface area contributed by atoms with E-state index in [0.717, 1.165) is 48.6 Å². The topological polar surface area (TPSA) is 66.4 Å². The van der Waals surface area contributed by atoms with Crippen LogP contribution in [0.4, 0.5) is 11.4 Å².